The molecule has 5 aromatic rings. The first kappa shape index (κ1) is 23.2. The summed E-state index contributed by atoms with van der Waals surface area (Å²) in [7, 11) is -3.80. The van der Waals surface area contributed by atoms with Crippen LogP contribution in [0.4, 0.5) is 17.2 Å². The second-order valence-electron chi connectivity index (χ2n) is 8.30. The molecule has 11 heteroatoms. The second kappa shape index (κ2) is 9.27. The van der Waals surface area contributed by atoms with Crippen molar-refractivity contribution in [1.29, 1.82) is 0 Å². The lowest BCUT2D eigenvalue weighted by atomic mass is 10.2. The predicted molar refractivity (Wildman–Crippen MR) is 139 cm³/mol. The summed E-state index contributed by atoms with van der Waals surface area (Å²) in [5.41, 5.74) is 6.69. The normalized spacial score (nSPS) is 11.5. The number of carbonyl (C=O) groups is 1. The number of aromatic nitrogens is 4. The molecular weight excluding hydrogens is 478 g/mol. The maximum absolute atomic E-state index is 12.0. The van der Waals surface area contributed by atoms with Crippen LogP contribution in [0.3, 0.4) is 0 Å². The van der Waals surface area contributed by atoms with Crippen LogP contribution >= 0.6 is 0 Å². The zero-order valence-electron chi connectivity index (χ0n) is 19.6. The van der Waals surface area contributed by atoms with Crippen molar-refractivity contribution in [3.63, 3.8) is 0 Å². The molecule has 0 aliphatic rings. The molecular formula is C25H23N7O3S. The van der Waals surface area contributed by atoms with Crippen LogP contribution in [0.2, 0.25) is 0 Å². The Kier molecular flexibility index (Phi) is 5.98. The van der Waals surface area contributed by atoms with Crippen molar-refractivity contribution in [1.82, 2.24) is 24.2 Å². The molecule has 0 unspecified atom stereocenters. The highest BCUT2D eigenvalue weighted by Crippen LogP contribution is 2.28. The van der Waals surface area contributed by atoms with Gasteiger partial charge < -0.3 is 5.32 Å². The van der Waals surface area contributed by atoms with Gasteiger partial charge in [0.05, 0.1) is 35.7 Å². The van der Waals surface area contributed by atoms with E-state index < -0.39 is 15.9 Å². The predicted octanol–water partition coefficient (Wildman–Crippen LogP) is 3.91. The third kappa shape index (κ3) is 4.82. The van der Waals surface area contributed by atoms with E-state index in [-0.39, 0.29) is 0 Å². The zero-order chi connectivity index (χ0) is 25.3. The number of anilines is 3. The van der Waals surface area contributed by atoms with Gasteiger partial charge in [-0.1, -0.05) is 30.3 Å². The fourth-order valence-electron chi connectivity index (χ4n) is 3.92. The van der Waals surface area contributed by atoms with Crippen molar-refractivity contribution in [3.05, 3.63) is 84.8 Å². The molecule has 0 saturated heterocycles. The molecule has 0 bridgehead atoms. The monoisotopic (exact) mass is 501 g/mol. The van der Waals surface area contributed by atoms with Gasteiger partial charge in [0.25, 0.3) is 15.9 Å². The number of hydrogen-bond donors (Lipinski definition) is 2. The fraction of sp³-hybridized carbons (Fsp3) is 0.120. The maximum atomic E-state index is 12.0. The number of benzene rings is 3. The Labute approximate surface area is 207 Å². The summed E-state index contributed by atoms with van der Waals surface area (Å²) in [6.07, 6.45) is 4.23. The van der Waals surface area contributed by atoms with Crippen molar-refractivity contribution < 1.29 is 13.2 Å². The van der Waals surface area contributed by atoms with Crippen molar-refractivity contribution in [3.8, 4) is 0 Å². The van der Waals surface area contributed by atoms with Crippen molar-refractivity contribution in [2.75, 3.05) is 17.0 Å². The molecule has 2 N–H and O–H groups in total. The molecule has 0 spiro atoms. The minimum absolute atomic E-state index is 0.401. The Balaban J connectivity index is 1.44. The van der Waals surface area contributed by atoms with E-state index in [0.29, 0.717) is 33.4 Å². The molecule has 0 saturated carbocycles. The smallest absolute Gasteiger partial charge is 0.252 e. The molecule has 1 amide bonds. The quantitative estimate of drug-likeness (QED) is 0.322. The largest absolute Gasteiger partial charge is 0.340 e. The fourth-order valence-corrected chi connectivity index (χ4v) is 4.66. The number of hydrazine groups is 1. The van der Waals surface area contributed by atoms with Gasteiger partial charge in [0.1, 0.15) is 12.1 Å². The number of amides is 1. The number of nitrogens with zero attached hydrogens (tertiary/aromatic N) is 5. The summed E-state index contributed by atoms with van der Waals surface area (Å²) < 4.78 is 26.5. The van der Waals surface area contributed by atoms with E-state index in [4.69, 9.17) is 0 Å². The van der Waals surface area contributed by atoms with Crippen molar-refractivity contribution in [2.24, 2.45) is 0 Å². The van der Waals surface area contributed by atoms with Crippen LogP contribution in [0, 0.1) is 0 Å². The molecule has 2 aromatic heterocycles. The van der Waals surface area contributed by atoms with E-state index in [1.54, 1.807) is 18.2 Å². The summed E-state index contributed by atoms with van der Waals surface area (Å²) in [4.78, 5) is 20.5. The lowest BCUT2D eigenvalue weighted by molar-refractivity contribution is -0.123. The van der Waals surface area contributed by atoms with Gasteiger partial charge in [-0.05, 0) is 42.0 Å². The van der Waals surface area contributed by atoms with E-state index in [1.807, 2.05) is 47.3 Å². The zero-order valence-corrected chi connectivity index (χ0v) is 20.4. The Morgan fingerprint density at radius 3 is 2.53 bits per heavy atom. The highest BCUT2D eigenvalue weighted by molar-refractivity contribution is 7.88. The summed E-state index contributed by atoms with van der Waals surface area (Å²) in [5.74, 6) is -0.116. The van der Waals surface area contributed by atoms with Gasteiger partial charge in [-0.15, -0.1) is 4.41 Å². The SMILES string of the molecule is CC(=O)N(Nc1ccc2ncnc(Nc3ccc4c(cnn4Cc4ccccc4)c3)c2c1)S(C)(=O)=O. The molecule has 0 fully saturated rings. The maximum Gasteiger partial charge on any atom is 0.252 e. The summed E-state index contributed by atoms with van der Waals surface area (Å²) >= 11 is 0. The van der Waals surface area contributed by atoms with Crippen LogP contribution in [0.15, 0.2) is 79.3 Å². The lowest BCUT2D eigenvalue weighted by Crippen LogP contribution is -2.39. The van der Waals surface area contributed by atoms with E-state index in [1.165, 1.54) is 18.8 Å². The van der Waals surface area contributed by atoms with Crippen LogP contribution in [0.1, 0.15) is 12.5 Å². The lowest BCUT2D eigenvalue weighted by Gasteiger charge is -2.20. The molecule has 0 radical (unpaired) electrons. The Hall–Kier alpha value is -4.51. The van der Waals surface area contributed by atoms with Gasteiger partial charge >= 0.3 is 0 Å². The molecule has 3 aromatic carbocycles. The molecule has 10 nitrogen and oxygen atoms in total. The number of nitrogens with one attached hydrogen (secondary N) is 2. The molecule has 0 atom stereocenters. The molecule has 182 valence electrons. The number of hydrogen-bond acceptors (Lipinski definition) is 8. The number of sulfonamides is 1. The molecule has 5 rings (SSSR count). The first-order valence-corrected chi connectivity index (χ1v) is 12.9. The van der Waals surface area contributed by atoms with Gasteiger partial charge in [0.15, 0.2) is 0 Å². The first-order chi connectivity index (χ1) is 17.3. The van der Waals surface area contributed by atoms with Crippen LogP contribution in [0.5, 0.6) is 0 Å². The number of carbonyl (C=O) groups excluding carboxylic acids is 1. The summed E-state index contributed by atoms with van der Waals surface area (Å²) in [6, 6.07) is 21.1. The standard InChI is InChI=1S/C25H23N7O3S/c1-17(33)32(36(2,34)35)30-21-8-10-23-22(13-21)25(27-16-26-23)29-20-9-11-24-19(12-20)14-28-31(24)15-18-6-4-3-5-7-18/h3-14,16,30H,15H2,1-2H3,(H,26,27,29). The van der Waals surface area contributed by atoms with Gasteiger partial charge in [-0.3, -0.25) is 14.9 Å². The third-order valence-corrected chi connectivity index (χ3v) is 6.58. The van der Waals surface area contributed by atoms with Crippen LogP contribution in [-0.2, 0) is 21.4 Å². The van der Waals surface area contributed by atoms with Gasteiger partial charge in [-0.2, -0.15) is 5.10 Å². The third-order valence-electron chi connectivity index (χ3n) is 5.56. The van der Waals surface area contributed by atoms with Crippen LogP contribution in [-0.4, -0.2) is 44.7 Å². The first-order valence-electron chi connectivity index (χ1n) is 11.1. The van der Waals surface area contributed by atoms with Crippen molar-refractivity contribution in [2.45, 2.75) is 13.5 Å². The van der Waals surface area contributed by atoms with E-state index >= 15 is 0 Å². The Morgan fingerprint density at radius 2 is 1.78 bits per heavy atom. The Morgan fingerprint density at radius 1 is 1.00 bits per heavy atom. The van der Waals surface area contributed by atoms with Crippen LogP contribution in [0.25, 0.3) is 21.8 Å². The van der Waals surface area contributed by atoms with Crippen LogP contribution < -0.4 is 10.7 Å². The van der Waals surface area contributed by atoms with Gasteiger partial charge in [0, 0.05) is 23.4 Å². The second-order valence-corrected chi connectivity index (χ2v) is 10.1. The number of rotatable bonds is 7. The minimum atomic E-state index is -3.80. The molecule has 0 aliphatic carbocycles. The molecule has 2 heterocycles. The van der Waals surface area contributed by atoms with E-state index in [0.717, 1.165) is 22.8 Å². The highest BCUT2D eigenvalue weighted by atomic mass is 32.2. The van der Waals surface area contributed by atoms with E-state index in [2.05, 4.69) is 37.9 Å². The van der Waals surface area contributed by atoms with Crippen molar-refractivity contribution >= 4 is 54.9 Å². The minimum Gasteiger partial charge on any atom is -0.340 e. The van der Waals surface area contributed by atoms with Gasteiger partial charge in [-0.25, -0.2) is 18.4 Å². The molecule has 0 aliphatic heterocycles. The van der Waals surface area contributed by atoms with E-state index in [9.17, 15) is 13.2 Å². The average Bonchev–Trinajstić information content (AvgIpc) is 3.24. The van der Waals surface area contributed by atoms with Gasteiger partial charge in [0.2, 0.25) is 0 Å². The highest BCUT2D eigenvalue weighted by Gasteiger charge is 2.20. The summed E-state index contributed by atoms with van der Waals surface area (Å²) in [6.45, 7) is 1.84. The Bertz CT molecular complexity index is 1680. The average molecular weight is 502 g/mol. The summed E-state index contributed by atoms with van der Waals surface area (Å²) in [5, 5.41) is 9.48. The topological polar surface area (TPSA) is 122 Å². The molecule has 36 heavy (non-hydrogen) atoms. The number of fused-ring (bicyclic) bond motifs is 2.